The molecule has 0 bridgehead atoms. The van der Waals surface area contributed by atoms with Gasteiger partial charge in [-0.05, 0) is 42.0 Å². The zero-order valence-corrected chi connectivity index (χ0v) is 17.6. The van der Waals surface area contributed by atoms with E-state index in [0.29, 0.717) is 11.6 Å². The summed E-state index contributed by atoms with van der Waals surface area (Å²) in [5.74, 6) is -0.167. The number of halogens is 1. The van der Waals surface area contributed by atoms with Crippen LogP contribution in [0.3, 0.4) is 0 Å². The molecule has 0 unspecified atom stereocenters. The second kappa shape index (κ2) is 9.74. The maximum atomic E-state index is 12.9. The van der Waals surface area contributed by atoms with Crippen molar-refractivity contribution < 1.29 is 22.3 Å². The summed E-state index contributed by atoms with van der Waals surface area (Å²) in [7, 11) is -2.21. The fourth-order valence-corrected chi connectivity index (χ4v) is 4.29. The molecule has 1 heterocycles. The smallest absolute Gasteiger partial charge is 0.240 e. The van der Waals surface area contributed by atoms with Gasteiger partial charge in [-0.2, -0.15) is 0 Å². The molecule has 0 saturated carbocycles. The summed E-state index contributed by atoms with van der Waals surface area (Å²) in [5.41, 5.74) is 1.03. The van der Waals surface area contributed by atoms with E-state index in [2.05, 4.69) is 20.2 Å². The first-order valence-corrected chi connectivity index (χ1v) is 11.2. The van der Waals surface area contributed by atoms with E-state index in [9.17, 15) is 17.6 Å². The molecule has 11 heteroatoms. The number of hydrogen-bond acceptors (Lipinski definition) is 7. The predicted octanol–water partition coefficient (Wildman–Crippen LogP) is 2.58. The zero-order chi connectivity index (χ0) is 21.6. The maximum absolute atomic E-state index is 12.9. The SMILES string of the molecule is COc1ccc(Cc2nnc(NC(=O)CCNS(=O)(=O)c3ccc(F)cc3)s2)cc1. The Hall–Kier alpha value is -2.89. The third-order valence-electron chi connectivity index (χ3n) is 4.00. The van der Waals surface area contributed by atoms with Gasteiger partial charge in [-0.25, -0.2) is 17.5 Å². The van der Waals surface area contributed by atoms with E-state index in [1.54, 1.807) is 7.11 Å². The molecule has 0 aliphatic rings. The van der Waals surface area contributed by atoms with Gasteiger partial charge in [-0.1, -0.05) is 23.5 Å². The zero-order valence-electron chi connectivity index (χ0n) is 16.0. The van der Waals surface area contributed by atoms with Crippen LogP contribution in [-0.2, 0) is 21.2 Å². The highest BCUT2D eigenvalue weighted by Gasteiger charge is 2.15. The average molecular weight is 451 g/mol. The molecular formula is C19H19FN4O4S2. The van der Waals surface area contributed by atoms with E-state index < -0.39 is 21.7 Å². The van der Waals surface area contributed by atoms with Gasteiger partial charge >= 0.3 is 0 Å². The molecule has 0 fully saturated rings. The molecule has 2 N–H and O–H groups in total. The summed E-state index contributed by atoms with van der Waals surface area (Å²) in [4.78, 5) is 12.0. The second-order valence-corrected chi connectivity index (χ2v) is 9.00. The fourth-order valence-electron chi connectivity index (χ4n) is 2.47. The van der Waals surface area contributed by atoms with Crippen LogP contribution in [0.15, 0.2) is 53.4 Å². The number of benzene rings is 2. The first-order valence-electron chi connectivity index (χ1n) is 8.86. The lowest BCUT2D eigenvalue weighted by Gasteiger charge is -2.06. The summed E-state index contributed by atoms with van der Waals surface area (Å²) >= 11 is 1.24. The average Bonchev–Trinajstić information content (AvgIpc) is 3.15. The lowest BCUT2D eigenvalue weighted by Crippen LogP contribution is -2.27. The molecule has 30 heavy (non-hydrogen) atoms. The van der Waals surface area contributed by atoms with Gasteiger partial charge in [0, 0.05) is 19.4 Å². The van der Waals surface area contributed by atoms with Crippen molar-refractivity contribution in [2.24, 2.45) is 0 Å². The minimum Gasteiger partial charge on any atom is -0.497 e. The number of nitrogens with one attached hydrogen (secondary N) is 2. The van der Waals surface area contributed by atoms with Crippen LogP contribution in [0.2, 0.25) is 0 Å². The number of sulfonamides is 1. The van der Waals surface area contributed by atoms with E-state index in [-0.39, 0.29) is 17.9 Å². The van der Waals surface area contributed by atoms with Crippen molar-refractivity contribution in [1.82, 2.24) is 14.9 Å². The Kier molecular flexibility index (Phi) is 7.08. The van der Waals surface area contributed by atoms with Gasteiger partial charge in [-0.3, -0.25) is 4.79 Å². The number of amides is 1. The van der Waals surface area contributed by atoms with Crippen LogP contribution in [0.25, 0.3) is 0 Å². The predicted molar refractivity (Wildman–Crippen MR) is 111 cm³/mol. The van der Waals surface area contributed by atoms with Crippen molar-refractivity contribution in [3.05, 3.63) is 64.9 Å². The Labute approximate surface area is 177 Å². The molecule has 0 saturated heterocycles. The first-order chi connectivity index (χ1) is 14.4. The number of methoxy groups -OCH3 is 1. The molecule has 2 aromatic carbocycles. The summed E-state index contributed by atoms with van der Waals surface area (Å²) in [5, 5.41) is 11.7. The normalized spacial score (nSPS) is 11.3. The van der Waals surface area contributed by atoms with Crippen molar-refractivity contribution in [2.45, 2.75) is 17.7 Å². The number of carbonyl (C=O) groups is 1. The lowest BCUT2D eigenvalue weighted by molar-refractivity contribution is -0.116. The molecule has 3 aromatic rings. The van der Waals surface area contributed by atoms with Gasteiger partial charge in [0.05, 0.1) is 12.0 Å². The van der Waals surface area contributed by atoms with Crippen LogP contribution < -0.4 is 14.8 Å². The van der Waals surface area contributed by atoms with Crippen LogP contribution in [0, 0.1) is 5.82 Å². The van der Waals surface area contributed by atoms with E-state index in [1.807, 2.05) is 24.3 Å². The quantitative estimate of drug-likeness (QED) is 0.519. The Morgan fingerprint density at radius 1 is 1.10 bits per heavy atom. The summed E-state index contributed by atoms with van der Waals surface area (Å²) in [6, 6.07) is 12.0. The third kappa shape index (κ3) is 6.05. The van der Waals surface area contributed by atoms with Crippen molar-refractivity contribution >= 4 is 32.4 Å². The van der Waals surface area contributed by atoms with Gasteiger partial charge in [-0.15, -0.1) is 10.2 Å². The Balaban J connectivity index is 1.47. The van der Waals surface area contributed by atoms with Crippen molar-refractivity contribution in [3.8, 4) is 5.75 Å². The Morgan fingerprint density at radius 2 is 1.80 bits per heavy atom. The molecule has 8 nitrogen and oxygen atoms in total. The molecule has 158 valence electrons. The van der Waals surface area contributed by atoms with Gasteiger partial charge in [0.1, 0.15) is 16.6 Å². The third-order valence-corrected chi connectivity index (χ3v) is 6.31. The number of carbonyl (C=O) groups excluding carboxylic acids is 1. The minimum absolute atomic E-state index is 0.0726. The van der Waals surface area contributed by atoms with Gasteiger partial charge in [0.15, 0.2) is 0 Å². The Bertz CT molecular complexity index is 1100. The largest absolute Gasteiger partial charge is 0.497 e. The van der Waals surface area contributed by atoms with Crippen LogP contribution in [0.4, 0.5) is 9.52 Å². The summed E-state index contributed by atoms with van der Waals surface area (Å²) < 4.78 is 44.5. The molecule has 1 amide bonds. The van der Waals surface area contributed by atoms with Gasteiger partial charge < -0.3 is 10.1 Å². The summed E-state index contributed by atoms with van der Waals surface area (Å²) in [6.07, 6.45) is 0.475. The van der Waals surface area contributed by atoms with Crippen LogP contribution >= 0.6 is 11.3 Å². The number of anilines is 1. The topological polar surface area (TPSA) is 110 Å². The van der Waals surface area contributed by atoms with Crippen molar-refractivity contribution in [3.63, 3.8) is 0 Å². The number of rotatable bonds is 9. The van der Waals surface area contributed by atoms with Crippen molar-refractivity contribution in [2.75, 3.05) is 19.0 Å². The number of aromatic nitrogens is 2. The molecular weight excluding hydrogens is 431 g/mol. The molecule has 0 atom stereocenters. The van der Waals surface area contributed by atoms with Gasteiger partial charge in [0.25, 0.3) is 0 Å². The number of ether oxygens (including phenoxy) is 1. The highest BCUT2D eigenvalue weighted by atomic mass is 32.2. The second-order valence-electron chi connectivity index (χ2n) is 6.18. The van der Waals surface area contributed by atoms with Crippen molar-refractivity contribution in [1.29, 1.82) is 0 Å². The van der Waals surface area contributed by atoms with Gasteiger partial charge in [0.2, 0.25) is 21.1 Å². The number of hydrogen-bond donors (Lipinski definition) is 2. The van der Waals surface area contributed by atoms with E-state index in [1.165, 1.54) is 11.3 Å². The first kappa shape index (κ1) is 21.8. The molecule has 0 aliphatic carbocycles. The highest BCUT2D eigenvalue weighted by molar-refractivity contribution is 7.89. The Morgan fingerprint density at radius 3 is 2.47 bits per heavy atom. The lowest BCUT2D eigenvalue weighted by atomic mass is 10.1. The molecule has 1 aromatic heterocycles. The van der Waals surface area contributed by atoms with Crippen LogP contribution in [0.1, 0.15) is 17.0 Å². The standard InChI is InChI=1S/C19H19FN4O4S2/c1-28-15-6-2-13(3-7-15)12-18-23-24-19(29-18)22-17(25)10-11-21-30(26,27)16-8-4-14(20)5-9-16/h2-9,21H,10-12H2,1H3,(H,22,24,25). The van der Waals surface area contributed by atoms with E-state index >= 15 is 0 Å². The molecule has 3 rings (SSSR count). The monoisotopic (exact) mass is 450 g/mol. The molecule has 0 radical (unpaired) electrons. The molecule has 0 aliphatic heterocycles. The van der Waals surface area contributed by atoms with Crippen LogP contribution in [-0.4, -0.2) is 38.2 Å². The van der Waals surface area contributed by atoms with E-state index in [4.69, 9.17) is 4.74 Å². The minimum atomic E-state index is -3.81. The molecule has 0 spiro atoms. The van der Waals surface area contributed by atoms with E-state index in [0.717, 1.165) is 40.6 Å². The maximum Gasteiger partial charge on any atom is 0.240 e. The summed E-state index contributed by atoms with van der Waals surface area (Å²) in [6.45, 7) is -0.108. The fraction of sp³-hybridized carbons (Fsp3) is 0.211. The highest BCUT2D eigenvalue weighted by Crippen LogP contribution is 2.20. The van der Waals surface area contributed by atoms with Crippen LogP contribution in [0.5, 0.6) is 5.75 Å². The number of nitrogens with zero attached hydrogens (tertiary/aromatic N) is 2.